The highest BCUT2D eigenvalue weighted by molar-refractivity contribution is 8.00. The highest BCUT2D eigenvalue weighted by atomic mass is 32.2. The van der Waals surface area contributed by atoms with Gasteiger partial charge in [0.05, 0.1) is 11.3 Å². The Morgan fingerprint density at radius 1 is 1.29 bits per heavy atom. The Labute approximate surface area is 145 Å². The third kappa shape index (κ3) is 3.16. The van der Waals surface area contributed by atoms with Crippen molar-refractivity contribution >= 4 is 22.5 Å². The molecule has 0 atom stereocenters. The maximum absolute atomic E-state index is 9.81. The summed E-state index contributed by atoms with van der Waals surface area (Å²) in [7, 11) is 0. The largest absolute Gasteiger partial charge is 0.396 e. The number of nitrogens with one attached hydrogen (secondary N) is 1. The van der Waals surface area contributed by atoms with E-state index in [1.54, 1.807) is 18.0 Å². The van der Waals surface area contributed by atoms with E-state index in [1.165, 1.54) is 0 Å². The number of aromatic nitrogens is 2. The molecule has 2 aromatic carbocycles. The average Bonchev–Trinajstić information content (AvgIpc) is 3.07. The first kappa shape index (κ1) is 16.6. The van der Waals surface area contributed by atoms with Gasteiger partial charge in [-0.2, -0.15) is 10.4 Å². The number of benzene rings is 2. The number of hydrogen-bond donors (Lipinski definition) is 2. The minimum absolute atomic E-state index is 0.137. The topological polar surface area (TPSA) is 72.7 Å². The molecule has 0 radical (unpaired) electrons. The Hall–Kier alpha value is -2.29. The Morgan fingerprint density at radius 3 is 2.75 bits per heavy atom. The van der Waals surface area contributed by atoms with Crippen molar-refractivity contribution in [2.45, 2.75) is 29.9 Å². The number of aliphatic hydroxyl groups is 1. The van der Waals surface area contributed by atoms with Gasteiger partial charge in [0.25, 0.3) is 0 Å². The van der Waals surface area contributed by atoms with Crippen LogP contribution in [0, 0.1) is 11.3 Å². The number of aliphatic hydroxyl groups excluding tert-OH is 1. The van der Waals surface area contributed by atoms with Crippen LogP contribution >= 0.6 is 11.8 Å². The van der Waals surface area contributed by atoms with E-state index in [-0.39, 0.29) is 11.4 Å². The molecule has 4 nitrogen and oxygen atoms in total. The number of nitrogens with zero attached hydrogens (tertiary/aromatic N) is 2. The quantitative estimate of drug-likeness (QED) is 0.679. The summed E-state index contributed by atoms with van der Waals surface area (Å²) >= 11 is 1.68. The van der Waals surface area contributed by atoms with E-state index < -0.39 is 0 Å². The number of thioether (sulfide) groups is 1. The molecule has 0 bridgehead atoms. The standard InChI is InChI=1S/C19H19N3OS/c1-19(2,8-10-23)24-17-11-13-5-3-4-6-14(13)15(12-20)18(17)16-7-9-21-22-16/h3-7,9,11,23H,8,10H2,1-2H3,(H,21,22). The molecular weight excluding hydrogens is 318 g/mol. The molecule has 0 saturated carbocycles. The maximum atomic E-state index is 9.81. The molecule has 0 aliphatic carbocycles. The number of hydrogen-bond acceptors (Lipinski definition) is 4. The van der Waals surface area contributed by atoms with Crippen LogP contribution in [0.4, 0.5) is 0 Å². The van der Waals surface area contributed by atoms with Gasteiger partial charge in [0.15, 0.2) is 0 Å². The van der Waals surface area contributed by atoms with Crippen molar-refractivity contribution in [1.82, 2.24) is 10.2 Å². The lowest BCUT2D eigenvalue weighted by Crippen LogP contribution is -2.16. The second-order valence-electron chi connectivity index (χ2n) is 6.26. The Kier molecular flexibility index (Phi) is 4.61. The van der Waals surface area contributed by atoms with Crippen LogP contribution < -0.4 is 0 Å². The van der Waals surface area contributed by atoms with Crippen LogP contribution in [-0.2, 0) is 0 Å². The molecule has 1 heterocycles. The monoisotopic (exact) mass is 337 g/mol. The molecule has 0 aliphatic heterocycles. The molecule has 0 fully saturated rings. The van der Waals surface area contributed by atoms with Crippen LogP contribution in [0.25, 0.3) is 22.0 Å². The van der Waals surface area contributed by atoms with Crippen molar-refractivity contribution in [2.75, 3.05) is 6.61 Å². The van der Waals surface area contributed by atoms with Gasteiger partial charge in [-0.1, -0.05) is 38.1 Å². The lowest BCUT2D eigenvalue weighted by molar-refractivity contribution is 0.275. The van der Waals surface area contributed by atoms with Gasteiger partial charge in [-0.05, 0) is 23.9 Å². The van der Waals surface area contributed by atoms with Gasteiger partial charge in [0.2, 0.25) is 0 Å². The molecular formula is C19H19N3OS. The first-order valence-corrected chi connectivity index (χ1v) is 8.63. The van der Waals surface area contributed by atoms with Crippen molar-refractivity contribution in [3.63, 3.8) is 0 Å². The fourth-order valence-corrected chi connectivity index (χ4v) is 4.09. The lowest BCUT2D eigenvalue weighted by Gasteiger charge is -2.25. The smallest absolute Gasteiger partial charge is 0.101 e. The summed E-state index contributed by atoms with van der Waals surface area (Å²) in [6.07, 6.45) is 2.37. The van der Waals surface area contributed by atoms with E-state index in [1.807, 2.05) is 30.3 Å². The molecule has 2 N–H and O–H groups in total. The molecule has 0 saturated heterocycles. The van der Waals surface area contributed by atoms with Gasteiger partial charge >= 0.3 is 0 Å². The van der Waals surface area contributed by atoms with Crippen LogP contribution in [0.2, 0.25) is 0 Å². The summed E-state index contributed by atoms with van der Waals surface area (Å²) in [5, 5.41) is 28.1. The van der Waals surface area contributed by atoms with Crippen molar-refractivity contribution in [3.05, 3.63) is 48.2 Å². The fourth-order valence-electron chi connectivity index (χ4n) is 2.80. The summed E-state index contributed by atoms with van der Waals surface area (Å²) in [4.78, 5) is 1.02. The van der Waals surface area contributed by atoms with Gasteiger partial charge in [0, 0.05) is 33.4 Å². The number of H-pyrrole nitrogens is 1. The summed E-state index contributed by atoms with van der Waals surface area (Å²) in [5.41, 5.74) is 2.36. The molecule has 3 rings (SSSR count). The Bertz CT molecular complexity index is 895. The van der Waals surface area contributed by atoms with Crippen LogP contribution in [0.1, 0.15) is 25.8 Å². The highest BCUT2D eigenvalue weighted by Crippen LogP contribution is 2.43. The highest BCUT2D eigenvalue weighted by Gasteiger charge is 2.24. The molecule has 0 spiro atoms. The molecule has 1 aromatic heterocycles. The van der Waals surface area contributed by atoms with Crippen LogP contribution in [-0.4, -0.2) is 26.7 Å². The van der Waals surface area contributed by atoms with Gasteiger partial charge in [-0.3, -0.25) is 5.10 Å². The van der Waals surface area contributed by atoms with Crippen molar-refractivity contribution < 1.29 is 5.11 Å². The van der Waals surface area contributed by atoms with Gasteiger partial charge < -0.3 is 5.11 Å². The Morgan fingerprint density at radius 2 is 2.08 bits per heavy atom. The maximum Gasteiger partial charge on any atom is 0.101 e. The summed E-state index contributed by atoms with van der Waals surface area (Å²) in [5.74, 6) is 0. The zero-order valence-corrected chi connectivity index (χ0v) is 14.5. The number of aromatic amines is 1. The average molecular weight is 337 g/mol. The first-order chi connectivity index (χ1) is 11.6. The van der Waals surface area contributed by atoms with E-state index in [0.29, 0.717) is 12.0 Å². The molecule has 3 aromatic rings. The number of fused-ring (bicyclic) bond motifs is 1. The zero-order chi connectivity index (χ0) is 17.2. The van der Waals surface area contributed by atoms with Crippen LogP contribution in [0.3, 0.4) is 0 Å². The molecule has 0 unspecified atom stereocenters. The summed E-state index contributed by atoms with van der Waals surface area (Å²) in [6.45, 7) is 4.34. The minimum Gasteiger partial charge on any atom is -0.396 e. The minimum atomic E-state index is -0.140. The van der Waals surface area contributed by atoms with Gasteiger partial charge in [-0.15, -0.1) is 11.8 Å². The van der Waals surface area contributed by atoms with E-state index >= 15 is 0 Å². The first-order valence-electron chi connectivity index (χ1n) is 7.81. The van der Waals surface area contributed by atoms with Crippen molar-refractivity contribution in [3.8, 4) is 17.3 Å². The molecule has 122 valence electrons. The predicted molar refractivity (Wildman–Crippen MR) is 97.9 cm³/mol. The normalized spacial score (nSPS) is 11.6. The summed E-state index contributed by atoms with van der Waals surface area (Å²) < 4.78 is -0.140. The third-order valence-electron chi connectivity index (χ3n) is 4.00. The van der Waals surface area contributed by atoms with Crippen LogP contribution in [0.15, 0.2) is 47.5 Å². The SMILES string of the molecule is CC(C)(CCO)Sc1cc2ccccc2c(C#N)c1-c1ccn[nH]1. The summed E-state index contributed by atoms with van der Waals surface area (Å²) in [6, 6.07) is 14.3. The van der Waals surface area contributed by atoms with Crippen molar-refractivity contribution in [1.29, 1.82) is 5.26 Å². The van der Waals surface area contributed by atoms with Crippen molar-refractivity contribution in [2.24, 2.45) is 0 Å². The molecule has 5 heteroatoms. The second-order valence-corrected chi connectivity index (χ2v) is 8.01. The Balaban J connectivity index is 2.27. The second kappa shape index (κ2) is 6.68. The molecule has 0 aliphatic rings. The molecule has 24 heavy (non-hydrogen) atoms. The van der Waals surface area contributed by atoms with E-state index in [9.17, 15) is 10.4 Å². The van der Waals surface area contributed by atoms with Gasteiger partial charge in [0.1, 0.15) is 6.07 Å². The van der Waals surface area contributed by atoms with Crippen LogP contribution in [0.5, 0.6) is 0 Å². The zero-order valence-electron chi connectivity index (χ0n) is 13.7. The molecule has 0 amide bonds. The predicted octanol–water partition coefficient (Wildman–Crippen LogP) is 4.35. The lowest BCUT2D eigenvalue weighted by atomic mass is 9.98. The third-order valence-corrected chi connectivity index (χ3v) is 5.29. The number of rotatable bonds is 5. The number of nitriles is 1. The van der Waals surface area contributed by atoms with E-state index in [2.05, 4.69) is 36.2 Å². The van der Waals surface area contributed by atoms with E-state index in [0.717, 1.165) is 26.9 Å². The van der Waals surface area contributed by atoms with E-state index in [4.69, 9.17) is 0 Å². The fraction of sp³-hybridized carbons (Fsp3) is 0.263. The van der Waals surface area contributed by atoms with Gasteiger partial charge in [-0.25, -0.2) is 0 Å².